The molecule has 6 nitrogen and oxygen atoms in total. The number of hydrogen-bond donors (Lipinski definition) is 1. The highest BCUT2D eigenvalue weighted by Crippen LogP contribution is 2.19. The molecule has 94 valence electrons. The van der Waals surface area contributed by atoms with Crippen molar-refractivity contribution in [3.8, 4) is 0 Å². The van der Waals surface area contributed by atoms with E-state index in [9.17, 15) is 4.79 Å². The van der Waals surface area contributed by atoms with Gasteiger partial charge in [0.2, 0.25) is 0 Å². The van der Waals surface area contributed by atoms with Crippen LogP contribution in [0.2, 0.25) is 0 Å². The van der Waals surface area contributed by atoms with Crippen LogP contribution in [-0.2, 0) is 11.3 Å². The highest BCUT2D eigenvalue weighted by Gasteiger charge is 2.22. The van der Waals surface area contributed by atoms with Gasteiger partial charge in [-0.3, -0.25) is 4.40 Å². The highest BCUT2D eigenvalue weighted by molar-refractivity contribution is 5.88. The van der Waals surface area contributed by atoms with E-state index < -0.39 is 0 Å². The van der Waals surface area contributed by atoms with Crippen LogP contribution in [0.4, 0.5) is 0 Å². The second-order valence-electron chi connectivity index (χ2n) is 4.37. The van der Waals surface area contributed by atoms with Gasteiger partial charge in [0.1, 0.15) is 5.69 Å². The number of pyridine rings is 1. The second kappa shape index (κ2) is 4.38. The molecule has 1 N–H and O–H groups in total. The van der Waals surface area contributed by atoms with Crippen molar-refractivity contribution in [1.82, 2.24) is 19.9 Å². The number of methoxy groups -OCH3 is 1. The summed E-state index contributed by atoms with van der Waals surface area (Å²) in [6.07, 6.45) is 2.42. The topological polar surface area (TPSA) is 68.5 Å². The lowest BCUT2D eigenvalue weighted by atomic mass is 10.3. The summed E-state index contributed by atoms with van der Waals surface area (Å²) in [7, 11) is 1.37. The third-order valence-electron chi connectivity index (χ3n) is 3.02. The van der Waals surface area contributed by atoms with Gasteiger partial charge in [-0.15, -0.1) is 10.2 Å². The van der Waals surface area contributed by atoms with Crippen molar-refractivity contribution < 1.29 is 9.53 Å². The van der Waals surface area contributed by atoms with Crippen LogP contribution in [0.15, 0.2) is 18.2 Å². The van der Waals surface area contributed by atoms with Crippen molar-refractivity contribution >= 4 is 11.6 Å². The first-order valence-corrected chi connectivity index (χ1v) is 5.94. The van der Waals surface area contributed by atoms with E-state index in [-0.39, 0.29) is 5.97 Å². The summed E-state index contributed by atoms with van der Waals surface area (Å²) in [6, 6.07) is 5.89. The van der Waals surface area contributed by atoms with Gasteiger partial charge in [-0.1, -0.05) is 6.07 Å². The number of hydrogen-bond acceptors (Lipinski definition) is 5. The molecule has 0 unspecified atom stereocenters. The smallest absolute Gasteiger partial charge is 0.355 e. The van der Waals surface area contributed by atoms with Gasteiger partial charge in [-0.05, 0) is 25.0 Å². The average Bonchev–Trinajstić information content (AvgIpc) is 3.14. The molecule has 0 spiro atoms. The molecule has 1 aliphatic carbocycles. The zero-order chi connectivity index (χ0) is 12.5. The molecule has 1 aliphatic rings. The zero-order valence-electron chi connectivity index (χ0n) is 10.1. The van der Waals surface area contributed by atoms with Gasteiger partial charge in [0.15, 0.2) is 11.5 Å². The molecule has 2 heterocycles. The minimum absolute atomic E-state index is 0.381. The lowest BCUT2D eigenvalue weighted by molar-refractivity contribution is 0.0592. The van der Waals surface area contributed by atoms with Crippen molar-refractivity contribution in [2.75, 3.05) is 7.11 Å². The van der Waals surface area contributed by atoms with Gasteiger partial charge in [0, 0.05) is 6.04 Å². The predicted molar refractivity (Wildman–Crippen MR) is 64.2 cm³/mol. The fraction of sp³-hybridized carbons (Fsp3) is 0.417. The number of aromatic nitrogens is 3. The molecule has 0 radical (unpaired) electrons. The SMILES string of the molecule is COC(=O)c1cccc2nnc(CNC3CC3)n12. The minimum atomic E-state index is -0.381. The molecule has 0 atom stereocenters. The number of rotatable bonds is 4. The number of fused-ring (bicyclic) bond motifs is 1. The average molecular weight is 246 g/mol. The van der Waals surface area contributed by atoms with Crippen LogP contribution in [0, 0.1) is 0 Å². The molecule has 0 aromatic carbocycles. The molecular weight excluding hydrogens is 232 g/mol. The van der Waals surface area contributed by atoms with Crippen molar-refractivity contribution in [2.24, 2.45) is 0 Å². The summed E-state index contributed by atoms with van der Waals surface area (Å²) in [5, 5.41) is 11.5. The molecule has 3 rings (SSSR count). The third-order valence-corrected chi connectivity index (χ3v) is 3.02. The molecule has 0 amide bonds. The van der Waals surface area contributed by atoms with E-state index in [0.717, 1.165) is 5.82 Å². The highest BCUT2D eigenvalue weighted by atomic mass is 16.5. The summed E-state index contributed by atoms with van der Waals surface area (Å²) in [5.41, 5.74) is 1.11. The molecule has 2 aromatic rings. The summed E-state index contributed by atoms with van der Waals surface area (Å²) in [4.78, 5) is 11.7. The molecule has 1 saturated carbocycles. The molecular formula is C12H14N4O2. The minimum Gasteiger partial charge on any atom is -0.464 e. The van der Waals surface area contributed by atoms with E-state index in [4.69, 9.17) is 4.74 Å². The van der Waals surface area contributed by atoms with Crippen LogP contribution in [0.5, 0.6) is 0 Å². The van der Waals surface area contributed by atoms with Crippen LogP contribution >= 0.6 is 0 Å². The fourth-order valence-corrected chi connectivity index (χ4v) is 1.90. The Balaban J connectivity index is 1.99. The Bertz CT molecular complexity index is 589. The first kappa shape index (κ1) is 11.2. The lowest BCUT2D eigenvalue weighted by Gasteiger charge is -2.06. The Kier molecular flexibility index (Phi) is 2.71. The maximum Gasteiger partial charge on any atom is 0.355 e. The summed E-state index contributed by atoms with van der Waals surface area (Å²) >= 11 is 0. The zero-order valence-corrected chi connectivity index (χ0v) is 10.1. The van der Waals surface area contributed by atoms with Gasteiger partial charge in [-0.2, -0.15) is 0 Å². The van der Waals surface area contributed by atoms with Gasteiger partial charge >= 0.3 is 5.97 Å². The lowest BCUT2D eigenvalue weighted by Crippen LogP contribution is -2.19. The number of nitrogens with one attached hydrogen (secondary N) is 1. The summed E-state index contributed by atoms with van der Waals surface area (Å²) in [6.45, 7) is 0.611. The first-order valence-electron chi connectivity index (χ1n) is 5.94. The Hall–Kier alpha value is -1.95. The molecule has 6 heteroatoms. The largest absolute Gasteiger partial charge is 0.464 e. The molecule has 0 bridgehead atoms. The maximum atomic E-state index is 11.7. The van der Waals surface area contributed by atoms with E-state index >= 15 is 0 Å². The molecule has 1 fully saturated rings. The van der Waals surface area contributed by atoms with E-state index in [1.807, 2.05) is 6.07 Å². The van der Waals surface area contributed by atoms with Crippen molar-refractivity contribution in [1.29, 1.82) is 0 Å². The summed E-state index contributed by atoms with van der Waals surface area (Å²) < 4.78 is 6.51. The Labute approximate surface area is 104 Å². The Morgan fingerprint density at radius 3 is 3.06 bits per heavy atom. The second-order valence-corrected chi connectivity index (χ2v) is 4.37. The van der Waals surface area contributed by atoms with Crippen LogP contribution in [0.1, 0.15) is 29.2 Å². The third kappa shape index (κ3) is 1.95. The van der Waals surface area contributed by atoms with Gasteiger partial charge in [0.05, 0.1) is 13.7 Å². The predicted octanol–water partition coefficient (Wildman–Crippen LogP) is 0.768. The van der Waals surface area contributed by atoms with Crippen molar-refractivity contribution in [2.45, 2.75) is 25.4 Å². The van der Waals surface area contributed by atoms with E-state index in [2.05, 4.69) is 15.5 Å². The van der Waals surface area contributed by atoms with Crippen LogP contribution in [0.25, 0.3) is 5.65 Å². The Morgan fingerprint density at radius 1 is 1.50 bits per heavy atom. The number of esters is 1. The van der Waals surface area contributed by atoms with Crippen LogP contribution in [-0.4, -0.2) is 33.7 Å². The number of carbonyl (C=O) groups excluding carboxylic acids is 1. The molecule has 2 aromatic heterocycles. The van der Waals surface area contributed by atoms with Gasteiger partial charge < -0.3 is 10.1 Å². The van der Waals surface area contributed by atoms with E-state index in [1.54, 1.807) is 16.5 Å². The maximum absolute atomic E-state index is 11.7. The van der Waals surface area contributed by atoms with Crippen molar-refractivity contribution in [3.63, 3.8) is 0 Å². The normalized spacial score (nSPS) is 14.9. The standard InChI is InChI=1S/C12H14N4O2/c1-18-12(17)9-3-2-4-10-14-15-11(16(9)10)7-13-8-5-6-8/h2-4,8,13H,5-7H2,1H3. The molecule has 0 aliphatic heterocycles. The Morgan fingerprint density at radius 2 is 2.33 bits per heavy atom. The number of ether oxygens (including phenoxy) is 1. The monoisotopic (exact) mass is 246 g/mol. The molecule has 0 saturated heterocycles. The van der Waals surface area contributed by atoms with Crippen LogP contribution in [0.3, 0.4) is 0 Å². The summed E-state index contributed by atoms with van der Waals surface area (Å²) in [5.74, 6) is 0.353. The number of carbonyl (C=O) groups is 1. The van der Waals surface area contributed by atoms with Gasteiger partial charge in [0.25, 0.3) is 0 Å². The molecule has 18 heavy (non-hydrogen) atoms. The first-order chi connectivity index (χ1) is 8.79. The van der Waals surface area contributed by atoms with Gasteiger partial charge in [-0.25, -0.2) is 4.79 Å². The fourth-order valence-electron chi connectivity index (χ4n) is 1.90. The number of nitrogens with zero attached hydrogens (tertiary/aromatic N) is 3. The quantitative estimate of drug-likeness (QED) is 0.807. The van der Waals surface area contributed by atoms with Crippen LogP contribution < -0.4 is 5.32 Å². The van der Waals surface area contributed by atoms with E-state index in [1.165, 1.54) is 20.0 Å². The van der Waals surface area contributed by atoms with E-state index in [0.29, 0.717) is 23.9 Å². The van der Waals surface area contributed by atoms with Crippen molar-refractivity contribution in [3.05, 3.63) is 29.7 Å².